The van der Waals surface area contributed by atoms with Gasteiger partial charge in [-0.3, -0.25) is 9.59 Å². The molecular weight excluding hydrogens is 348 g/mol. The Bertz CT molecular complexity index is 949. The predicted molar refractivity (Wildman–Crippen MR) is 106 cm³/mol. The van der Waals surface area contributed by atoms with E-state index in [0.717, 1.165) is 16.6 Å². The largest absolute Gasteiger partial charge is 0.495 e. The van der Waals surface area contributed by atoms with E-state index in [9.17, 15) is 9.59 Å². The number of ketones is 1. The molecule has 26 heavy (non-hydrogen) atoms. The molecule has 0 atom stereocenters. The zero-order chi connectivity index (χ0) is 18.5. The van der Waals surface area contributed by atoms with Gasteiger partial charge in [0.15, 0.2) is 5.78 Å². The van der Waals surface area contributed by atoms with Crippen molar-refractivity contribution in [2.75, 3.05) is 23.9 Å². The minimum absolute atomic E-state index is 0.0232. The highest BCUT2D eigenvalue weighted by atomic mass is 32.2. The number of ether oxygens (including phenoxy) is 1. The van der Waals surface area contributed by atoms with E-state index in [1.165, 1.54) is 11.8 Å². The summed E-state index contributed by atoms with van der Waals surface area (Å²) >= 11 is 1.30. The van der Waals surface area contributed by atoms with Crippen LogP contribution in [0.25, 0.3) is 10.9 Å². The number of amides is 1. The number of rotatable bonds is 7. The van der Waals surface area contributed by atoms with Crippen LogP contribution in [0.3, 0.4) is 0 Å². The molecular formula is C20H20N2O3S. The second-order valence-corrected chi connectivity index (χ2v) is 6.82. The Morgan fingerprint density at radius 1 is 1.08 bits per heavy atom. The first-order chi connectivity index (χ1) is 12.6. The van der Waals surface area contributed by atoms with Crippen LogP contribution in [0.4, 0.5) is 5.69 Å². The molecule has 0 spiro atoms. The van der Waals surface area contributed by atoms with E-state index in [0.29, 0.717) is 17.0 Å². The summed E-state index contributed by atoms with van der Waals surface area (Å²) in [6.45, 7) is 1.90. The molecule has 5 nitrogen and oxygen atoms in total. The molecule has 2 aromatic carbocycles. The minimum atomic E-state index is -0.164. The van der Waals surface area contributed by atoms with Crippen LogP contribution in [-0.4, -0.2) is 35.3 Å². The van der Waals surface area contributed by atoms with Crippen LogP contribution in [0, 0.1) is 6.92 Å². The van der Waals surface area contributed by atoms with Crippen LogP contribution in [0.5, 0.6) is 5.75 Å². The van der Waals surface area contributed by atoms with Gasteiger partial charge in [-0.2, -0.15) is 0 Å². The molecule has 0 saturated heterocycles. The van der Waals surface area contributed by atoms with Gasteiger partial charge in [0.1, 0.15) is 5.75 Å². The Kier molecular flexibility index (Phi) is 5.63. The van der Waals surface area contributed by atoms with Crippen molar-refractivity contribution in [1.82, 2.24) is 4.98 Å². The fourth-order valence-electron chi connectivity index (χ4n) is 2.88. The third-order valence-corrected chi connectivity index (χ3v) is 4.95. The Hall–Kier alpha value is -2.73. The number of aromatic nitrogens is 1. The number of hydrogen-bond donors (Lipinski definition) is 2. The zero-order valence-electron chi connectivity index (χ0n) is 14.7. The van der Waals surface area contributed by atoms with Gasteiger partial charge in [-0.05, 0) is 25.1 Å². The third kappa shape index (κ3) is 3.91. The van der Waals surface area contributed by atoms with Gasteiger partial charge in [0.2, 0.25) is 5.91 Å². The van der Waals surface area contributed by atoms with Crippen molar-refractivity contribution in [3.05, 3.63) is 59.8 Å². The summed E-state index contributed by atoms with van der Waals surface area (Å²) in [6.07, 6.45) is 0. The molecule has 0 saturated carbocycles. The van der Waals surface area contributed by atoms with Crippen LogP contribution in [0.2, 0.25) is 0 Å². The van der Waals surface area contributed by atoms with Gasteiger partial charge in [-0.1, -0.05) is 30.3 Å². The summed E-state index contributed by atoms with van der Waals surface area (Å²) in [5.74, 6) is 0.919. The van der Waals surface area contributed by atoms with E-state index in [-0.39, 0.29) is 23.2 Å². The first-order valence-electron chi connectivity index (χ1n) is 8.21. The molecule has 1 aromatic heterocycles. The number of Topliss-reactive ketones (excluding diaryl/α,β-unsaturated/α-hetero) is 1. The lowest BCUT2D eigenvalue weighted by molar-refractivity contribution is -0.113. The number of carbonyl (C=O) groups is 2. The van der Waals surface area contributed by atoms with E-state index in [1.807, 2.05) is 43.3 Å². The minimum Gasteiger partial charge on any atom is -0.495 e. The van der Waals surface area contributed by atoms with Crippen molar-refractivity contribution >= 4 is 40.0 Å². The van der Waals surface area contributed by atoms with Crippen molar-refractivity contribution in [2.45, 2.75) is 6.92 Å². The standard InChI is InChI=1S/C20H20N2O3S/c1-13-20(14-7-3-4-8-15(14)21-13)17(23)11-26-12-19(24)22-16-9-5-6-10-18(16)25-2/h3-10,21H,11-12H2,1-2H3,(H,22,24). The second kappa shape index (κ2) is 8.10. The summed E-state index contributed by atoms with van der Waals surface area (Å²) < 4.78 is 5.21. The van der Waals surface area contributed by atoms with Crippen LogP contribution in [0.1, 0.15) is 16.1 Å². The van der Waals surface area contributed by atoms with E-state index in [4.69, 9.17) is 4.74 Å². The number of methoxy groups -OCH3 is 1. The molecule has 2 N–H and O–H groups in total. The van der Waals surface area contributed by atoms with Crippen LogP contribution >= 0.6 is 11.8 Å². The molecule has 1 amide bonds. The molecule has 3 rings (SSSR count). The van der Waals surface area contributed by atoms with Gasteiger partial charge in [-0.15, -0.1) is 11.8 Å². The number of aromatic amines is 1. The highest BCUT2D eigenvalue weighted by molar-refractivity contribution is 8.00. The maximum atomic E-state index is 12.6. The lowest BCUT2D eigenvalue weighted by Crippen LogP contribution is -2.16. The fourth-order valence-corrected chi connectivity index (χ4v) is 3.57. The number of H-pyrrole nitrogens is 1. The Labute approximate surface area is 156 Å². The maximum Gasteiger partial charge on any atom is 0.234 e. The van der Waals surface area contributed by atoms with E-state index < -0.39 is 0 Å². The van der Waals surface area contributed by atoms with Crippen molar-refractivity contribution in [1.29, 1.82) is 0 Å². The molecule has 0 radical (unpaired) electrons. The maximum absolute atomic E-state index is 12.6. The summed E-state index contributed by atoms with van der Waals surface area (Å²) in [4.78, 5) is 27.9. The number of para-hydroxylation sites is 3. The normalized spacial score (nSPS) is 10.7. The number of carbonyl (C=O) groups excluding carboxylic acids is 2. The lowest BCUT2D eigenvalue weighted by atomic mass is 10.1. The number of benzene rings is 2. The quantitative estimate of drug-likeness (QED) is 0.618. The number of hydrogen-bond acceptors (Lipinski definition) is 4. The highest BCUT2D eigenvalue weighted by Crippen LogP contribution is 2.25. The summed E-state index contributed by atoms with van der Waals surface area (Å²) in [5.41, 5.74) is 3.14. The Morgan fingerprint density at radius 3 is 2.62 bits per heavy atom. The summed E-state index contributed by atoms with van der Waals surface area (Å²) in [6, 6.07) is 15.0. The van der Waals surface area contributed by atoms with Gasteiger partial charge in [0, 0.05) is 22.2 Å². The number of nitrogens with one attached hydrogen (secondary N) is 2. The van der Waals surface area contributed by atoms with Gasteiger partial charge in [0.05, 0.1) is 24.3 Å². The van der Waals surface area contributed by atoms with E-state index in [2.05, 4.69) is 10.3 Å². The predicted octanol–water partition coefficient (Wildman–Crippen LogP) is 4.04. The molecule has 6 heteroatoms. The number of thioether (sulfide) groups is 1. The van der Waals surface area contributed by atoms with E-state index >= 15 is 0 Å². The molecule has 3 aromatic rings. The Morgan fingerprint density at radius 2 is 1.81 bits per heavy atom. The molecule has 1 heterocycles. The molecule has 0 fully saturated rings. The summed E-state index contributed by atoms with van der Waals surface area (Å²) in [7, 11) is 1.56. The first-order valence-corrected chi connectivity index (χ1v) is 9.36. The highest BCUT2D eigenvalue weighted by Gasteiger charge is 2.16. The molecule has 0 aliphatic carbocycles. The average Bonchev–Trinajstić information content (AvgIpc) is 2.97. The van der Waals surface area contributed by atoms with Gasteiger partial charge >= 0.3 is 0 Å². The number of anilines is 1. The van der Waals surface area contributed by atoms with Crippen molar-refractivity contribution in [3.8, 4) is 5.75 Å². The SMILES string of the molecule is COc1ccccc1NC(=O)CSCC(=O)c1c(C)[nH]c2ccccc12. The lowest BCUT2D eigenvalue weighted by Gasteiger charge is -2.09. The number of aryl methyl sites for hydroxylation is 1. The number of fused-ring (bicyclic) bond motifs is 1. The monoisotopic (exact) mass is 368 g/mol. The van der Waals surface area contributed by atoms with Crippen LogP contribution in [0.15, 0.2) is 48.5 Å². The average molecular weight is 368 g/mol. The molecule has 134 valence electrons. The Balaban J connectivity index is 1.58. The van der Waals surface area contributed by atoms with Crippen LogP contribution < -0.4 is 10.1 Å². The molecule has 0 aliphatic heterocycles. The van der Waals surface area contributed by atoms with Gasteiger partial charge in [-0.25, -0.2) is 0 Å². The second-order valence-electron chi connectivity index (χ2n) is 5.84. The van der Waals surface area contributed by atoms with Crippen molar-refractivity contribution < 1.29 is 14.3 Å². The van der Waals surface area contributed by atoms with Gasteiger partial charge in [0.25, 0.3) is 0 Å². The smallest absolute Gasteiger partial charge is 0.234 e. The topological polar surface area (TPSA) is 71.2 Å². The molecule has 0 bridgehead atoms. The summed E-state index contributed by atoms with van der Waals surface area (Å²) in [5, 5.41) is 3.73. The third-order valence-electron chi connectivity index (χ3n) is 4.02. The van der Waals surface area contributed by atoms with Crippen molar-refractivity contribution in [3.63, 3.8) is 0 Å². The van der Waals surface area contributed by atoms with Crippen molar-refractivity contribution in [2.24, 2.45) is 0 Å². The van der Waals surface area contributed by atoms with E-state index in [1.54, 1.807) is 19.2 Å². The van der Waals surface area contributed by atoms with Gasteiger partial charge < -0.3 is 15.0 Å². The molecule has 0 aliphatic rings. The first kappa shape index (κ1) is 18.1. The molecule has 0 unspecified atom stereocenters. The zero-order valence-corrected chi connectivity index (χ0v) is 15.5. The van der Waals surface area contributed by atoms with Crippen LogP contribution in [-0.2, 0) is 4.79 Å². The fraction of sp³-hybridized carbons (Fsp3) is 0.200.